The van der Waals surface area contributed by atoms with Crippen molar-refractivity contribution in [1.82, 2.24) is 10.2 Å². The fraction of sp³-hybridized carbons (Fsp3) is 0.154. The van der Waals surface area contributed by atoms with Gasteiger partial charge in [0, 0.05) is 24.2 Å². The number of thioether (sulfide) groups is 1. The molecule has 1 aliphatic heterocycles. The lowest BCUT2D eigenvalue weighted by Gasteiger charge is -2.15. The van der Waals surface area contributed by atoms with Crippen LogP contribution >= 0.6 is 24.0 Å². The molecule has 0 aliphatic carbocycles. The summed E-state index contributed by atoms with van der Waals surface area (Å²) in [5, 5.41) is 5.17. The van der Waals surface area contributed by atoms with Crippen molar-refractivity contribution in [2.75, 3.05) is 5.32 Å². The summed E-state index contributed by atoms with van der Waals surface area (Å²) in [6, 6.07) is 25.9. The van der Waals surface area contributed by atoms with Crippen molar-refractivity contribution in [3.05, 3.63) is 102 Å². The van der Waals surface area contributed by atoms with Gasteiger partial charge in [0.1, 0.15) is 4.32 Å². The van der Waals surface area contributed by atoms with E-state index in [1.165, 1.54) is 11.8 Å². The van der Waals surface area contributed by atoms with E-state index in [2.05, 4.69) is 10.6 Å². The van der Waals surface area contributed by atoms with Crippen molar-refractivity contribution in [3.63, 3.8) is 0 Å². The van der Waals surface area contributed by atoms with E-state index >= 15 is 0 Å². The second kappa shape index (κ2) is 11.1. The number of thiocarbonyl (C=S) groups is 1. The number of anilines is 1. The van der Waals surface area contributed by atoms with Gasteiger partial charge in [-0.05, 0) is 35.4 Å². The smallest absolute Gasteiger partial charge is 0.255 e. The summed E-state index contributed by atoms with van der Waals surface area (Å²) in [5.41, 5.74) is 3.10. The first-order chi connectivity index (χ1) is 16.5. The number of hydrogen-bond acceptors (Lipinski definition) is 5. The number of nitrogens with zero attached hydrogens (tertiary/aromatic N) is 1. The Bertz CT molecular complexity index is 1180. The molecule has 172 valence electrons. The highest BCUT2D eigenvalue weighted by atomic mass is 32.2. The molecule has 6 nitrogen and oxygen atoms in total. The van der Waals surface area contributed by atoms with Gasteiger partial charge < -0.3 is 10.6 Å². The first kappa shape index (κ1) is 23.7. The molecule has 3 amide bonds. The van der Waals surface area contributed by atoms with Crippen molar-refractivity contribution in [2.24, 2.45) is 0 Å². The number of para-hydroxylation sites is 1. The highest BCUT2D eigenvalue weighted by molar-refractivity contribution is 8.24. The second-order valence-electron chi connectivity index (χ2n) is 7.78. The van der Waals surface area contributed by atoms with E-state index in [9.17, 15) is 14.4 Å². The summed E-state index contributed by atoms with van der Waals surface area (Å²) in [7, 11) is 0. The Labute approximate surface area is 207 Å². The van der Waals surface area contributed by atoms with Crippen molar-refractivity contribution < 1.29 is 14.4 Å². The Hall–Kier alpha value is -3.49. The summed E-state index contributed by atoms with van der Waals surface area (Å²) in [5.74, 6) is -0.557. The van der Waals surface area contributed by atoms with Crippen LogP contribution in [0.3, 0.4) is 0 Å². The van der Waals surface area contributed by atoms with Crippen LogP contribution in [0.5, 0.6) is 0 Å². The van der Waals surface area contributed by atoms with E-state index in [0.717, 1.165) is 16.8 Å². The van der Waals surface area contributed by atoms with Crippen LogP contribution in [0.4, 0.5) is 5.69 Å². The molecule has 3 aromatic rings. The first-order valence-electron chi connectivity index (χ1n) is 10.8. The molecule has 0 bridgehead atoms. The second-order valence-corrected chi connectivity index (χ2v) is 9.62. The van der Waals surface area contributed by atoms with Crippen LogP contribution in [0.25, 0.3) is 0 Å². The van der Waals surface area contributed by atoms with Crippen molar-refractivity contribution in [2.45, 2.75) is 24.8 Å². The third-order valence-corrected chi connectivity index (χ3v) is 6.88. The van der Waals surface area contributed by atoms with Crippen molar-refractivity contribution in [3.8, 4) is 0 Å². The van der Waals surface area contributed by atoms with Crippen molar-refractivity contribution >= 4 is 51.7 Å². The lowest BCUT2D eigenvalue weighted by molar-refractivity contribution is -0.129. The van der Waals surface area contributed by atoms with Gasteiger partial charge in [0.25, 0.3) is 5.91 Å². The largest absolute Gasteiger partial charge is 0.352 e. The normalized spacial score (nSPS) is 15.3. The van der Waals surface area contributed by atoms with Gasteiger partial charge in [-0.15, -0.1) is 0 Å². The van der Waals surface area contributed by atoms with E-state index < -0.39 is 5.25 Å². The maximum absolute atomic E-state index is 12.8. The molecule has 0 radical (unpaired) electrons. The summed E-state index contributed by atoms with van der Waals surface area (Å²) in [6.07, 6.45) is 0.0620. The van der Waals surface area contributed by atoms with E-state index in [0.29, 0.717) is 23.0 Å². The van der Waals surface area contributed by atoms with Crippen LogP contribution in [-0.4, -0.2) is 32.2 Å². The van der Waals surface area contributed by atoms with E-state index in [-0.39, 0.29) is 24.1 Å². The van der Waals surface area contributed by atoms with Crippen LogP contribution in [0.15, 0.2) is 84.9 Å². The molecule has 1 atom stereocenters. The molecule has 8 heteroatoms. The Kier molecular flexibility index (Phi) is 7.72. The molecule has 0 spiro atoms. The molecule has 4 rings (SSSR count). The average molecular weight is 490 g/mol. The zero-order chi connectivity index (χ0) is 23.9. The minimum Gasteiger partial charge on any atom is -0.352 e. The maximum atomic E-state index is 12.8. The third-order valence-electron chi connectivity index (χ3n) is 5.30. The van der Waals surface area contributed by atoms with Gasteiger partial charge in [0.2, 0.25) is 11.8 Å². The predicted molar refractivity (Wildman–Crippen MR) is 138 cm³/mol. The Morgan fingerprint density at radius 2 is 1.53 bits per heavy atom. The van der Waals surface area contributed by atoms with Crippen LogP contribution in [0, 0.1) is 0 Å². The monoisotopic (exact) mass is 489 g/mol. The number of nitrogens with one attached hydrogen (secondary N) is 2. The number of amides is 3. The summed E-state index contributed by atoms with van der Waals surface area (Å²) < 4.78 is 0.496. The fourth-order valence-corrected chi connectivity index (χ4v) is 4.97. The Balaban J connectivity index is 1.25. The van der Waals surface area contributed by atoms with Crippen LogP contribution in [-0.2, 0) is 22.7 Å². The van der Waals surface area contributed by atoms with E-state index in [1.54, 1.807) is 29.2 Å². The number of rotatable bonds is 8. The first-order valence-corrected chi connectivity index (χ1v) is 12.1. The summed E-state index contributed by atoms with van der Waals surface area (Å²) >= 11 is 6.63. The predicted octanol–water partition coefficient (Wildman–Crippen LogP) is 4.37. The molecule has 3 aromatic carbocycles. The van der Waals surface area contributed by atoms with Crippen molar-refractivity contribution in [1.29, 1.82) is 0 Å². The molecule has 1 fully saturated rings. The van der Waals surface area contributed by atoms with Crippen LogP contribution in [0.2, 0.25) is 0 Å². The van der Waals surface area contributed by atoms with Gasteiger partial charge in [-0.25, -0.2) is 0 Å². The summed E-state index contributed by atoms with van der Waals surface area (Å²) in [4.78, 5) is 39.1. The van der Waals surface area contributed by atoms with Gasteiger partial charge in [-0.3, -0.25) is 19.3 Å². The van der Waals surface area contributed by atoms with E-state index in [4.69, 9.17) is 12.2 Å². The minimum absolute atomic E-state index is 0.0620. The number of carbonyl (C=O) groups excluding carboxylic acids is 3. The molecule has 1 heterocycles. The van der Waals surface area contributed by atoms with Crippen LogP contribution in [0.1, 0.15) is 27.9 Å². The number of benzene rings is 3. The van der Waals surface area contributed by atoms with Gasteiger partial charge in [-0.1, -0.05) is 84.6 Å². The molecule has 1 aliphatic rings. The Morgan fingerprint density at radius 3 is 2.21 bits per heavy atom. The molecular formula is C26H23N3O3S2. The van der Waals surface area contributed by atoms with Gasteiger partial charge in [0.15, 0.2) is 0 Å². The van der Waals surface area contributed by atoms with Gasteiger partial charge >= 0.3 is 0 Å². The fourth-order valence-electron chi connectivity index (χ4n) is 3.48. The molecule has 1 unspecified atom stereocenters. The number of carbonyl (C=O) groups is 3. The molecule has 0 aromatic heterocycles. The van der Waals surface area contributed by atoms with E-state index in [1.807, 2.05) is 60.7 Å². The molecular weight excluding hydrogens is 466 g/mol. The topological polar surface area (TPSA) is 78.5 Å². The lowest BCUT2D eigenvalue weighted by Crippen LogP contribution is -2.33. The Morgan fingerprint density at radius 1 is 0.882 bits per heavy atom. The molecule has 34 heavy (non-hydrogen) atoms. The van der Waals surface area contributed by atoms with Gasteiger partial charge in [-0.2, -0.15) is 0 Å². The maximum Gasteiger partial charge on any atom is 0.255 e. The highest BCUT2D eigenvalue weighted by Gasteiger charge is 2.37. The lowest BCUT2D eigenvalue weighted by atomic mass is 10.1. The highest BCUT2D eigenvalue weighted by Crippen LogP contribution is 2.30. The molecule has 2 N–H and O–H groups in total. The SMILES string of the molecule is O=C(CC1SC(=S)N(Cc2ccccc2)C1=O)NCc1ccc(C(=O)Nc2ccccc2)cc1. The zero-order valence-corrected chi connectivity index (χ0v) is 19.9. The summed E-state index contributed by atoms with van der Waals surface area (Å²) in [6.45, 7) is 0.719. The zero-order valence-electron chi connectivity index (χ0n) is 18.3. The standard InChI is InChI=1S/C26H23N3O3S2/c30-23(15-22-25(32)29(26(33)34-22)17-19-7-3-1-4-8-19)27-16-18-11-13-20(14-12-18)24(31)28-21-9-5-2-6-10-21/h1-14,22H,15-17H2,(H,27,30)(H,28,31). The van der Waals surface area contributed by atoms with Crippen LogP contribution < -0.4 is 10.6 Å². The third kappa shape index (κ3) is 6.09. The number of hydrogen-bond donors (Lipinski definition) is 2. The molecule has 0 saturated carbocycles. The average Bonchev–Trinajstić information content (AvgIpc) is 3.11. The quantitative estimate of drug-likeness (QED) is 0.460. The minimum atomic E-state index is -0.514. The molecule has 1 saturated heterocycles. The van der Waals surface area contributed by atoms with Gasteiger partial charge in [0.05, 0.1) is 11.8 Å².